The van der Waals surface area contributed by atoms with Crippen molar-refractivity contribution in [2.75, 3.05) is 13.2 Å². The Kier molecular flexibility index (Phi) is 11.0. The molecule has 0 saturated carbocycles. The molecule has 0 fully saturated rings. The van der Waals surface area contributed by atoms with E-state index in [0.717, 1.165) is 11.3 Å². The predicted octanol–water partition coefficient (Wildman–Crippen LogP) is 1.57. The third-order valence-corrected chi connectivity index (χ3v) is 4.27. The molecule has 152 valence electrons. The number of ether oxygens (including phenoxy) is 1. The Bertz CT molecular complexity index is 616. The SMILES string of the molecule is CCC(C)(NC(C)=O)C(C)=O.C[C@@H](Cc1ccc(OCCN)cc1)C(N)=O. The standard InChI is InChI=1S/C12H18N2O2.C8H15NO2/c1-9(12(14)15)8-10-2-4-11(5-3-10)16-7-6-13;1-5-8(4,6(2)10)9-7(3)11/h2-5,9H,6-8,13H2,1H3,(H2,14,15);5H2,1-4H3,(H,9,11)/t9-;/m0./s1. The minimum atomic E-state index is -0.675. The largest absolute Gasteiger partial charge is 0.492 e. The summed E-state index contributed by atoms with van der Waals surface area (Å²) in [6.07, 6.45) is 1.29. The highest BCUT2D eigenvalue weighted by atomic mass is 16.5. The van der Waals surface area contributed by atoms with Gasteiger partial charge in [0.05, 0.1) is 5.54 Å². The number of primary amides is 1. The summed E-state index contributed by atoms with van der Waals surface area (Å²) in [5, 5.41) is 2.62. The summed E-state index contributed by atoms with van der Waals surface area (Å²) >= 11 is 0. The topological polar surface area (TPSA) is 125 Å². The van der Waals surface area contributed by atoms with E-state index in [4.69, 9.17) is 16.2 Å². The molecule has 0 aliphatic carbocycles. The summed E-state index contributed by atoms with van der Waals surface area (Å²) in [4.78, 5) is 32.6. The van der Waals surface area contributed by atoms with Gasteiger partial charge in [0.25, 0.3) is 0 Å². The van der Waals surface area contributed by atoms with Crippen LogP contribution in [0, 0.1) is 5.92 Å². The molecule has 0 aliphatic rings. The summed E-state index contributed by atoms with van der Waals surface area (Å²) in [6.45, 7) is 9.34. The Labute approximate surface area is 161 Å². The van der Waals surface area contributed by atoms with Gasteiger partial charge in [0.2, 0.25) is 11.8 Å². The van der Waals surface area contributed by atoms with Crippen LogP contribution in [-0.4, -0.2) is 36.3 Å². The molecular formula is C20H33N3O4. The van der Waals surface area contributed by atoms with Crippen LogP contribution in [0.25, 0.3) is 0 Å². The fourth-order valence-electron chi connectivity index (χ4n) is 2.17. The maximum absolute atomic E-state index is 11.0. The van der Waals surface area contributed by atoms with Crippen molar-refractivity contribution >= 4 is 17.6 Å². The summed E-state index contributed by atoms with van der Waals surface area (Å²) in [5.74, 6) is 0.208. The lowest BCUT2D eigenvalue weighted by molar-refractivity contribution is -0.129. The second-order valence-electron chi connectivity index (χ2n) is 6.71. The van der Waals surface area contributed by atoms with Crippen LogP contribution in [0.2, 0.25) is 0 Å². The molecule has 27 heavy (non-hydrogen) atoms. The van der Waals surface area contributed by atoms with E-state index in [1.807, 2.05) is 38.1 Å². The van der Waals surface area contributed by atoms with Gasteiger partial charge in [-0.05, 0) is 44.4 Å². The average Bonchev–Trinajstić information content (AvgIpc) is 2.60. The van der Waals surface area contributed by atoms with Gasteiger partial charge in [-0.2, -0.15) is 0 Å². The summed E-state index contributed by atoms with van der Waals surface area (Å²) < 4.78 is 5.35. The minimum absolute atomic E-state index is 0.00444. The molecular weight excluding hydrogens is 346 g/mol. The van der Waals surface area contributed by atoms with Crippen LogP contribution in [0.5, 0.6) is 5.75 Å². The molecule has 0 saturated heterocycles. The van der Waals surface area contributed by atoms with Gasteiger partial charge in [0.15, 0.2) is 5.78 Å². The van der Waals surface area contributed by atoms with Crippen molar-refractivity contribution in [3.05, 3.63) is 29.8 Å². The zero-order valence-corrected chi connectivity index (χ0v) is 17.0. The Hall–Kier alpha value is -2.41. The second kappa shape index (κ2) is 12.1. The third kappa shape index (κ3) is 9.75. The monoisotopic (exact) mass is 379 g/mol. The summed E-state index contributed by atoms with van der Waals surface area (Å²) in [5.41, 5.74) is 10.9. The van der Waals surface area contributed by atoms with E-state index in [-0.39, 0.29) is 23.5 Å². The highest BCUT2D eigenvalue weighted by Crippen LogP contribution is 2.15. The van der Waals surface area contributed by atoms with Crippen LogP contribution in [0.15, 0.2) is 24.3 Å². The quantitative estimate of drug-likeness (QED) is 0.601. The van der Waals surface area contributed by atoms with E-state index in [1.54, 1.807) is 6.92 Å². The molecule has 7 nitrogen and oxygen atoms in total. The number of carbonyl (C=O) groups is 3. The van der Waals surface area contributed by atoms with Crippen LogP contribution in [0.3, 0.4) is 0 Å². The smallest absolute Gasteiger partial charge is 0.220 e. The molecule has 1 aromatic rings. The van der Waals surface area contributed by atoms with Crippen molar-refractivity contribution in [3.8, 4) is 5.75 Å². The first-order valence-electron chi connectivity index (χ1n) is 9.06. The number of amides is 2. The molecule has 0 spiro atoms. The van der Waals surface area contributed by atoms with Crippen LogP contribution in [0.1, 0.15) is 46.6 Å². The summed E-state index contributed by atoms with van der Waals surface area (Å²) in [7, 11) is 0. The fourth-order valence-corrected chi connectivity index (χ4v) is 2.17. The Morgan fingerprint density at radius 3 is 2.07 bits per heavy atom. The van der Waals surface area contributed by atoms with Gasteiger partial charge in [0, 0.05) is 19.4 Å². The first kappa shape index (κ1) is 24.6. The zero-order chi connectivity index (χ0) is 21.0. The Morgan fingerprint density at radius 1 is 1.19 bits per heavy atom. The number of carbonyl (C=O) groups excluding carboxylic acids is 3. The molecule has 2 atom stereocenters. The highest BCUT2D eigenvalue weighted by Gasteiger charge is 2.27. The lowest BCUT2D eigenvalue weighted by Gasteiger charge is -2.25. The molecule has 1 unspecified atom stereocenters. The van der Waals surface area contributed by atoms with E-state index in [0.29, 0.717) is 26.0 Å². The number of Topliss-reactive ketones (excluding diaryl/α,β-unsaturated/α-hetero) is 1. The molecule has 0 bridgehead atoms. The molecule has 0 heterocycles. The van der Waals surface area contributed by atoms with E-state index in [2.05, 4.69) is 5.32 Å². The van der Waals surface area contributed by atoms with Gasteiger partial charge in [-0.1, -0.05) is 26.0 Å². The van der Waals surface area contributed by atoms with Crippen molar-refractivity contribution in [1.29, 1.82) is 0 Å². The number of nitrogens with two attached hydrogens (primary N) is 2. The molecule has 1 aromatic carbocycles. The van der Waals surface area contributed by atoms with Gasteiger partial charge in [0.1, 0.15) is 12.4 Å². The second-order valence-corrected chi connectivity index (χ2v) is 6.71. The molecule has 2 amide bonds. The van der Waals surface area contributed by atoms with Crippen LogP contribution in [0.4, 0.5) is 0 Å². The Morgan fingerprint density at radius 2 is 1.74 bits per heavy atom. The van der Waals surface area contributed by atoms with Gasteiger partial charge >= 0.3 is 0 Å². The molecule has 0 radical (unpaired) electrons. The van der Waals surface area contributed by atoms with Crippen LogP contribution in [-0.2, 0) is 20.8 Å². The number of benzene rings is 1. The van der Waals surface area contributed by atoms with Crippen molar-refractivity contribution in [1.82, 2.24) is 5.32 Å². The lowest BCUT2D eigenvalue weighted by atomic mass is 9.94. The van der Waals surface area contributed by atoms with Gasteiger partial charge in [-0.25, -0.2) is 0 Å². The minimum Gasteiger partial charge on any atom is -0.492 e. The molecule has 7 heteroatoms. The van der Waals surface area contributed by atoms with E-state index >= 15 is 0 Å². The first-order valence-corrected chi connectivity index (χ1v) is 9.06. The first-order chi connectivity index (χ1) is 12.6. The predicted molar refractivity (Wildman–Crippen MR) is 106 cm³/mol. The number of rotatable bonds is 9. The Balaban J connectivity index is 0.000000541. The molecule has 1 rings (SSSR count). The molecule has 0 aromatic heterocycles. The van der Waals surface area contributed by atoms with Gasteiger partial charge in [-0.3, -0.25) is 14.4 Å². The van der Waals surface area contributed by atoms with E-state index < -0.39 is 5.54 Å². The number of nitrogens with one attached hydrogen (secondary N) is 1. The van der Waals surface area contributed by atoms with Gasteiger partial charge < -0.3 is 21.5 Å². The molecule has 5 N–H and O–H groups in total. The number of hydrogen-bond donors (Lipinski definition) is 3. The zero-order valence-electron chi connectivity index (χ0n) is 17.0. The molecule has 0 aliphatic heterocycles. The maximum Gasteiger partial charge on any atom is 0.220 e. The summed E-state index contributed by atoms with van der Waals surface area (Å²) in [6, 6.07) is 7.62. The lowest BCUT2D eigenvalue weighted by Crippen LogP contribution is -2.49. The van der Waals surface area contributed by atoms with Crippen LogP contribution < -0.4 is 21.5 Å². The van der Waals surface area contributed by atoms with Crippen molar-refractivity contribution in [3.63, 3.8) is 0 Å². The maximum atomic E-state index is 11.0. The van der Waals surface area contributed by atoms with E-state index in [9.17, 15) is 14.4 Å². The number of ketones is 1. The fraction of sp³-hybridized carbons (Fsp3) is 0.550. The van der Waals surface area contributed by atoms with Gasteiger partial charge in [-0.15, -0.1) is 0 Å². The van der Waals surface area contributed by atoms with Crippen molar-refractivity contribution in [2.24, 2.45) is 17.4 Å². The van der Waals surface area contributed by atoms with Crippen molar-refractivity contribution < 1.29 is 19.1 Å². The van der Waals surface area contributed by atoms with E-state index in [1.165, 1.54) is 13.8 Å². The number of hydrogen-bond acceptors (Lipinski definition) is 5. The van der Waals surface area contributed by atoms with Crippen LogP contribution >= 0.6 is 0 Å². The third-order valence-electron chi connectivity index (χ3n) is 4.27. The van der Waals surface area contributed by atoms with Crippen molar-refractivity contribution in [2.45, 2.75) is 53.0 Å². The highest BCUT2D eigenvalue weighted by molar-refractivity contribution is 5.90. The normalized spacial score (nSPS) is 13.4. The average molecular weight is 380 g/mol.